The van der Waals surface area contributed by atoms with Crippen LogP contribution in [-0.2, 0) is 14.8 Å². The number of hydrogen-bond acceptors (Lipinski definition) is 4. The van der Waals surface area contributed by atoms with Crippen molar-refractivity contribution in [2.75, 3.05) is 17.1 Å². The van der Waals surface area contributed by atoms with E-state index < -0.39 is 15.9 Å². The fourth-order valence-corrected chi connectivity index (χ4v) is 3.63. The Bertz CT molecular complexity index is 970. The summed E-state index contributed by atoms with van der Waals surface area (Å²) in [7, 11) is -3.63. The Morgan fingerprint density at radius 1 is 1.15 bits per heavy atom. The van der Waals surface area contributed by atoms with Gasteiger partial charge in [-0.25, -0.2) is 13.8 Å². The fraction of sp³-hybridized carbons (Fsp3) is 0.263. The Balaban J connectivity index is 2.18. The molecule has 0 aliphatic rings. The van der Waals surface area contributed by atoms with Gasteiger partial charge in [0.1, 0.15) is 6.54 Å². The van der Waals surface area contributed by atoms with Crippen molar-refractivity contribution in [3.63, 3.8) is 0 Å². The van der Waals surface area contributed by atoms with Crippen molar-refractivity contribution >= 4 is 43.3 Å². The number of amides is 1. The number of rotatable bonds is 6. The number of benzene rings is 2. The highest BCUT2D eigenvalue weighted by atomic mass is 79.9. The third-order valence-corrected chi connectivity index (χ3v) is 5.80. The molecule has 0 saturated heterocycles. The topological polar surface area (TPSA) is 78.8 Å². The van der Waals surface area contributed by atoms with Crippen LogP contribution in [0.4, 0.5) is 5.69 Å². The number of halogens is 1. The standard InChI is InChI=1S/C19H22BrN3O3S/c1-13-6-5-7-18(14(13)2)23(27(4,25)26)12-19(24)22-21-15(3)16-8-10-17(20)11-9-16/h5-11H,12H2,1-4H3,(H,22,24)/b21-15-. The molecule has 144 valence electrons. The molecule has 0 saturated carbocycles. The SMILES string of the molecule is C/C(=N/NC(=O)CN(c1cccc(C)c1C)S(C)(=O)=O)c1ccc(Br)cc1. The molecule has 0 atom stereocenters. The van der Waals surface area contributed by atoms with Gasteiger partial charge in [0.15, 0.2) is 0 Å². The molecule has 1 amide bonds. The van der Waals surface area contributed by atoms with Gasteiger partial charge in [-0.15, -0.1) is 0 Å². The average molecular weight is 452 g/mol. The van der Waals surface area contributed by atoms with Crippen molar-refractivity contribution in [3.05, 3.63) is 63.6 Å². The van der Waals surface area contributed by atoms with Gasteiger partial charge in [0.25, 0.3) is 5.91 Å². The van der Waals surface area contributed by atoms with Gasteiger partial charge >= 0.3 is 0 Å². The normalized spacial score (nSPS) is 12.0. The van der Waals surface area contributed by atoms with E-state index in [1.807, 2.05) is 44.2 Å². The van der Waals surface area contributed by atoms with Crippen molar-refractivity contribution in [2.24, 2.45) is 5.10 Å². The molecule has 0 spiro atoms. The summed E-state index contributed by atoms with van der Waals surface area (Å²) >= 11 is 3.36. The third-order valence-electron chi connectivity index (χ3n) is 4.14. The van der Waals surface area contributed by atoms with Crippen molar-refractivity contribution in [3.8, 4) is 0 Å². The molecule has 8 heteroatoms. The summed E-state index contributed by atoms with van der Waals surface area (Å²) in [6, 6.07) is 12.8. The van der Waals surface area contributed by atoms with Crippen molar-refractivity contribution in [1.82, 2.24) is 5.43 Å². The first-order chi connectivity index (χ1) is 12.6. The van der Waals surface area contributed by atoms with E-state index in [1.54, 1.807) is 19.1 Å². The number of sulfonamides is 1. The molecule has 27 heavy (non-hydrogen) atoms. The van der Waals surface area contributed by atoms with Gasteiger partial charge in [0.05, 0.1) is 17.7 Å². The lowest BCUT2D eigenvalue weighted by Gasteiger charge is -2.24. The minimum Gasteiger partial charge on any atom is -0.271 e. The lowest BCUT2D eigenvalue weighted by atomic mass is 10.1. The van der Waals surface area contributed by atoms with Crippen LogP contribution in [0.5, 0.6) is 0 Å². The minimum atomic E-state index is -3.63. The van der Waals surface area contributed by atoms with E-state index in [0.717, 1.165) is 31.7 Å². The Labute approximate surface area is 168 Å². The van der Waals surface area contributed by atoms with E-state index >= 15 is 0 Å². The number of carbonyl (C=O) groups excluding carboxylic acids is 1. The first kappa shape index (κ1) is 21.1. The maximum Gasteiger partial charge on any atom is 0.260 e. The van der Waals surface area contributed by atoms with Crippen molar-refractivity contribution < 1.29 is 13.2 Å². The largest absolute Gasteiger partial charge is 0.271 e. The highest BCUT2D eigenvalue weighted by molar-refractivity contribution is 9.10. The summed E-state index contributed by atoms with van der Waals surface area (Å²) in [5.41, 5.74) is 6.15. The fourth-order valence-electron chi connectivity index (χ4n) is 2.45. The Hall–Kier alpha value is -2.19. The van der Waals surface area contributed by atoms with Crippen LogP contribution in [0, 0.1) is 13.8 Å². The zero-order chi connectivity index (χ0) is 20.2. The molecular formula is C19H22BrN3O3S. The average Bonchev–Trinajstić information content (AvgIpc) is 2.60. The summed E-state index contributed by atoms with van der Waals surface area (Å²) in [4.78, 5) is 12.3. The number of aryl methyl sites for hydroxylation is 1. The van der Waals surface area contributed by atoms with Crippen LogP contribution in [0.15, 0.2) is 52.0 Å². The molecule has 0 aromatic heterocycles. The molecule has 0 fully saturated rings. The number of hydrazone groups is 1. The van der Waals surface area contributed by atoms with Crippen LogP contribution in [0.1, 0.15) is 23.6 Å². The van der Waals surface area contributed by atoms with Crippen LogP contribution >= 0.6 is 15.9 Å². The number of carbonyl (C=O) groups is 1. The first-order valence-corrected chi connectivity index (χ1v) is 10.9. The smallest absolute Gasteiger partial charge is 0.260 e. The molecule has 0 bridgehead atoms. The van der Waals surface area contributed by atoms with Crippen LogP contribution in [0.3, 0.4) is 0 Å². The van der Waals surface area contributed by atoms with Gasteiger partial charge in [-0.05, 0) is 55.7 Å². The summed E-state index contributed by atoms with van der Waals surface area (Å²) in [5, 5.41) is 4.07. The van der Waals surface area contributed by atoms with Gasteiger partial charge < -0.3 is 0 Å². The minimum absolute atomic E-state index is 0.347. The monoisotopic (exact) mass is 451 g/mol. The molecule has 0 aliphatic heterocycles. The maximum absolute atomic E-state index is 12.3. The van der Waals surface area contributed by atoms with Crippen LogP contribution in [-0.4, -0.2) is 32.8 Å². The molecule has 2 aromatic carbocycles. The molecule has 0 heterocycles. The molecule has 2 aromatic rings. The third kappa shape index (κ3) is 5.64. The summed E-state index contributed by atoms with van der Waals surface area (Å²) in [6.45, 7) is 5.14. The van der Waals surface area contributed by atoms with Crippen molar-refractivity contribution in [2.45, 2.75) is 20.8 Å². The van der Waals surface area contributed by atoms with E-state index in [1.165, 1.54) is 0 Å². The van der Waals surface area contributed by atoms with E-state index in [9.17, 15) is 13.2 Å². The number of hydrogen-bond donors (Lipinski definition) is 1. The van der Waals surface area contributed by atoms with Crippen LogP contribution < -0.4 is 9.73 Å². The van der Waals surface area contributed by atoms with Gasteiger partial charge in [-0.2, -0.15) is 5.10 Å². The summed E-state index contributed by atoms with van der Waals surface area (Å²) < 4.78 is 26.5. The van der Waals surface area contributed by atoms with Gasteiger partial charge in [0, 0.05) is 4.47 Å². The predicted octanol–water partition coefficient (Wildman–Crippen LogP) is 3.37. The first-order valence-electron chi connectivity index (χ1n) is 8.22. The quantitative estimate of drug-likeness (QED) is 0.539. The highest BCUT2D eigenvalue weighted by Crippen LogP contribution is 2.24. The predicted molar refractivity (Wildman–Crippen MR) is 113 cm³/mol. The molecule has 2 rings (SSSR count). The molecule has 0 radical (unpaired) electrons. The zero-order valence-corrected chi connectivity index (χ0v) is 18.1. The lowest BCUT2D eigenvalue weighted by molar-refractivity contribution is -0.119. The molecular weight excluding hydrogens is 430 g/mol. The second-order valence-corrected chi connectivity index (χ2v) is 9.05. The second kappa shape index (κ2) is 8.67. The van der Waals surface area contributed by atoms with Gasteiger partial charge in [-0.1, -0.05) is 40.2 Å². The number of nitrogens with zero attached hydrogens (tertiary/aromatic N) is 2. The second-order valence-electron chi connectivity index (χ2n) is 6.23. The Morgan fingerprint density at radius 2 is 1.78 bits per heavy atom. The molecule has 0 aliphatic carbocycles. The molecule has 1 N–H and O–H groups in total. The van der Waals surface area contributed by atoms with Crippen LogP contribution in [0.25, 0.3) is 0 Å². The van der Waals surface area contributed by atoms with Crippen LogP contribution in [0.2, 0.25) is 0 Å². The van der Waals surface area contributed by atoms with Gasteiger partial charge in [-0.3, -0.25) is 9.10 Å². The molecule has 0 unspecified atom stereocenters. The summed E-state index contributed by atoms with van der Waals surface area (Å²) in [6.07, 6.45) is 1.08. The lowest BCUT2D eigenvalue weighted by Crippen LogP contribution is -2.39. The van der Waals surface area contributed by atoms with Gasteiger partial charge in [0.2, 0.25) is 10.0 Å². The maximum atomic E-state index is 12.3. The highest BCUT2D eigenvalue weighted by Gasteiger charge is 2.22. The number of anilines is 1. The van der Waals surface area contributed by atoms with E-state index in [0.29, 0.717) is 11.4 Å². The summed E-state index contributed by atoms with van der Waals surface area (Å²) in [5.74, 6) is -0.516. The van der Waals surface area contributed by atoms with E-state index in [4.69, 9.17) is 0 Å². The zero-order valence-electron chi connectivity index (χ0n) is 15.7. The Morgan fingerprint density at radius 3 is 2.37 bits per heavy atom. The Kier molecular flexibility index (Phi) is 6.78. The molecule has 6 nitrogen and oxygen atoms in total. The van der Waals surface area contributed by atoms with E-state index in [2.05, 4.69) is 26.5 Å². The number of nitrogens with one attached hydrogen (secondary N) is 1. The van der Waals surface area contributed by atoms with Crippen molar-refractivity contribution in [1.29, 1.82) is 0 Å². The van der Waals surface area contributed by atoms with E-state index in [-0.39, 0.29) is 6.54 Å².